The third kappa shape index (κ3) is 7.25. The highest BCUT2D eigenvalue weighted by molar-refractivity contribution is 7.47. The van der Waals surface area contributed by atoms with Gasteiger partial charge in [0.15, 0.2) is 6.23 Å². The molecule has 0 aromatic carbocycles. The topological polar surface area (TPSA) is 323 Å². The Bertz CT molecular complexity index is 1220. The number of rotatable bonds is 11. The van der Waals surface area contributed by atoms with Crippen LogP contribution in [-0.4, -0.2) is 130 Å². The van der Waals surface area contributed by atoms with Gasteiger partial charge in [-0.15, -0.1) is 0 Å². The molecule has 3 unspecified atom stereocenters. The molecule has 2 fully saturated rings. The van der Waals surface area contributed by atoms with Gasteiger partial charge in [0.2, 0.25) is 5.91 Å². The van der Waals surface area contributed by atoms with E-state index in [9.17, 15) is 59.6 Å². The number of anilines is 1. The van der Waals surface area contributed by atoms with E-state index in [2.05, 4.69) is 10.3 Å². The number of carbonyl (C=O) groups is 2. The fourth-order valence-corrected chi connectivity index (χ4v) is 5.27. The number of aromatic nitrogens is 2. The Labute approximate surface area is 230 Å². The van der Waals surface area contributed by atoms with E-state index >= 15 is 0 Å². The number of carbonyl (C=O) groups excluding carboxylic acids is 1. The summed E-state index contributed by atoms with van der Waals surface area (Å²) in [6.07, 6.45) is -14.6. The number of aliphatic hydroxyl groups excluding tert-OH is 6. The van der Waals surface area contributed by atoms with Crippen LogP contribution in [0.4, 0.5) is 5.82 Å². The fourth-order valence-electron chi connectivity index (χ4n) is 4.32. The van der Waals surface area contributed by atoms with E-state index in [1.807, 2.05) is 0 Å². The zero-order valence-corrected chi connectivity index (χ0v) is 22.1. The van der Waals surface area contributed by atoms with Crippen molar-refractivity contribution in [2.45, 2.75) is 74.1 Å². The number of carboxylic acids is 1. The Hall–Kier alpha value is -2.59. The van der Waals surface area contributed by atoms with Gasteiger partial charge in [-0.2, -0.15) is 4.98 Å². The van der Waals surface area contributed by atoms with E-state index in [1.54, 1.807) is 0 Å². The summed E-state index contributed by atoms with van der Waals surface area (Å²) in [6.45, 7) is -1.05. The summed E-state index contributed by atoms with van der Waals surface area (Å²) in [6, 6.07) is -0.362. The number of aliphatic hydroxyl groups is 6. The van der Waals surface area contributed by atoms with Gasteiger partial charge in [-0.3, -0.25) is 13.9 Å². The number of amides is 1. The Morgan fingerprint density at radius 1 is 1.32 bits per heavy atom. The molecular formula is C20H31N4O16P. The van der Waals surface area contributed by atoms with Crippen molar-refractivity contribution >= 4 is 25.5 Å². The van der Waals surface area contributed by atoms with Crippen LogP contribution in [0.1, 0.15) is 19.6 Å². The van der Waals surface area contributed by atoms with Crippen molar-refractivity contribution in [2.24, 2.45) is 0 Å². The summed E-state index contributed by atoms with van der Waals surface area (Å²) in [5.74, 6) is -6.20. The maximum atomic E-state index is 12.8. The molecule has 0 bridgehead atoms. The number of aliphatic carboxylic acids is 1. The van der Waals surface area contributed by atoms with Crippen LogP contribution in [0.15, 0.2) is 17.1 Å². The first-order chi connectivity index (χ1) is 19.0. The van der Waals surface area contributed by atoms with E-state index in [4.69, 9.17) is 24.3 Å². The molecule has 2 aliphatic heterocycles. The first-order valence-corrected chi connectivity index (χ1v) is 13.4. The minimum absolute atomic E-state index is 0.135. The summed E-state index contributed by atoms with van der Waals surface area (Å²) in [7, 11) is -5.52. The Morgan fingerprint density at radius 3 is 2.54 bits per heavy atom. The largest absolute Gasteiger partial charge is 0.477 e. The minimum atomic E-state index is -5.52. The van der Waals surface area contributed by atoms with E-state index in [1.165, 1.54) is 6.07 Å². The van der Waals surface area contributed by atoms with Gasteiger partial charge < -0.3 is 61.2 Å². The summed E-state index contributed by atoms with van der Waals surface area (Å²) < 4.78 is 33.7. The number of phosphoric acid groups is 1. The molecule has 21 heteroatoms. The van der Waals surface area contributed by atoms with Crippen LogP contribution in [0.3, 0.4) is 0 Å². The summed E-state index contributed by atoms with van der Waals surface area (Å²) >= 11 is 0. The van der Waals surface area contributed by atoms with Gasteiger partial charge in [-0.1, -0.05) is 0 Å². The monoisotopic (exact) mass is 614 g/mol. The van der Waals surface area contributed by atoms with Crippen LogP contribution >= 0.6 is 7.82 Å². The average Bonchev–Trinajstić information content (AvgIpc) is 3.16. The molecule has 3 heterocycles. The van der Waals surface area contributed by atoms with E-state index < -0.39 is 106 Å². The van der Waals surface area contributed by atoms with Crippen molar-refractivity contribution in [3.05, 3.63) is 22.7 Å². The molecule has 1 aromatic rings. The van der Waals surface area contributed by atoms with E-state index in [-0.39, 0.29) is 5.82 Å². The maximum absolute atomic E-state index is 12.8. The Kier molecular flexibility index (Phi) is 10.2. The lowest BCUT2D eigenvalue weighted by Crippen LogP contribution is -2.67. The summed E-state index contributed by atoms with van der Waals surface area (Å²) in [5, 5.41) is 72.7. The number of nitrogens with two attached hydrogens (primary N) is 1. The number of phosphoric ester groups is 1. The van der Waals surface area contributed by atoms with Crippen molar-refractivity contribution < 1.29 is 73.3 Å². The molecule has 3 rings (SSSR count). The molecule has 0 radical (unpaired) electrons. The normalized spacial score (nSPS) is 34.9. The summed E-state index contributed by atoms with van der Waals surface area (Å²) in [5.41, 5.74) is 4.46. The average molecular weight is 614 g/mol. The molecule has 11 N–H and O–H groups in total. The minimum Gasteiger partial charge on any atom is -0.477 e. The predicted octanol–water partition coefficient (Wildman–Crippen LogP) is -5.27. The molecule has 11 atom stereocenters. The SMILES string of the molecule is CC(=O)N[C@@H]1C(O)C[C@@](OP(=O)(O)OC[C@H]2O[C@@H](n3ccc(N)nc3=O)[C@H](O)[C@@H]2O)(C(=O)O)O[C@H]1C(O)[C@H](O)CO. The lowest BCUT2D eigenvalue weighted by Gasteiger charge is -2.46. The molecule has 0 saturated carbocycles. The molecular weight excluding hydrogens is 583 g/mol. The van der Waals surface area contributed by atoms with Crippen LogP contribution in [0.2, 0.25) is 0 Å². The molecule has 41 heavy (non-hydrogen) atoms. The van der Waals surface area contributed by atoms with Crippen LogP contribution in [0.25, 0.3) is 0 Å². The molecule has 1 amide bonds. The Morgan fingerprint density at radius 2 is 1.98 bits per heavy atom. The van der Waals surface area contributed by atoms with Gasteiger partial charge in [0, 0.05) is 19.5 Å². The van der Waals surface area contributed by atoms with Crippen molar-refractivity contribution in [3.63, 3.8) is 0 Å². The van der Waals surface area contributed by atoms with Gasteiger partial charge in [-0.05, 0) is 6.07 Å². The first kappa shape index (κ1) is 32.9. The highest BCUT2D eigenvalue weighted by atomic mass is 31.2. The van der Waals surface area contributed by atoms with E-state index in [0.29, 0.717) is 0 Å². The quantitative estimate of drug-likeness (QED) is 0.104. The van der Waals surface area contributed by atoms with Crippen molar-refractivity contribution in [2.75, 3.05) is 18.9 Å². The van der Waals surface area contributed by atoms with Gasteiger partial charge >= 0.3 is 19.5 Å². The van der Waals surface area contributed by atoms with Gasteiger partial charge in [0.05, 0.1) is 25.4 Å². The molecule has 0 spiro atoms. The van der Waals surface area contributed by atoms with E-state index in [0.717, 1.165) is 17.7 Å². The second-order valence-corrected chi connectivity index (χ2v) is 10.7. The van der Waals surface area contributed by atoms with Crippen LogP contribution in [-0.2, 0) is 32.7 Å². The fraction of sp³-hybridized carbons (Fsp3) is 0.700. The highest BCUT2D eigenvalue weighted by Crippen LogP contribution is 2.51. The summed E-state index contributed by atoms with van der Waals surface area (Å²) in [4.78, 5) is 49.6. The van der Waals surface area contributed by atoms with Crippen molar-refractivity contribution in [3.8, 4) is 0 Å². The zero-order chi connectivity index (χ0) is 30.9. The van der Waals surface area contributed by atoms with Crippen molar-refractivity contribution in [1.82, 2.24) is 14.9 Å². The second-order valence-electron chi connectivity index (χ2n) is 9.32. The highest BCUT2D eigenvalue weighted by Gasteiger charge is 2.59. The number of ether oxygens (including phenoxy) is 2. The number of hydrogen-bond acceptors (Lipinski definition) is 16. The third-order valence-electron chi connectivity index (χ3n) is 6.31. The van der Waals surface area contributed by atoms with Gasteiger partial charge in [-0.25, -0.2) is 18.7 Å². The smallest absolute Gasteiger partial charge is 0.475 e. The first-order valence-electron chi connectivity index (χ1n) is 11.9. The number of carboxylic acid groups (broad SMARTS) is 1. The predicted molar refractivity (Wildman–Crippen MR) is 128 cm³/mol. The third-order valence-corrected chi connectivity index (χ3v) is 7.32. The second kappa shape index (κ2) is 12.7. The molecule has 1 aromatic heterocycles. The lowest BCUT2D eigenvalue weighted by atomic mass is 9.88. The number of nitrogen functional groups attached to an aromatic ring is 1. The number of nitrogens with one attached hydrogen (secondary N) is 1. The van der Waals surface area contributed by atoms with Crippen LogP contribution in [0.5, 0.6) is 0 Å². The van der Waals surface area contributed by atoms with Gasteiger partial charge in [0.1, 0.15) is 42.4 Å². The molecule has 2 aliphatic rings. The van der Waals surface area contributed by atoms with Gasteiger partial charge in [0.25, 0.3) is 5.79 Å². The van der Waals surface area contributed by atoms with Crippen LogP contribution in [0, 0.1) is 0 Å². The Balaban J connectivity index is 1.79. The zero-order valence-electron chi connectivity index (χ0n) is 21.2. The van der Waals surface area contributed by atoms with Crippen LogP contribution < -0.4 is 16.7 Å². The lowest BCUT2D eigenvalue weighted by molar-refractivity contribution is -0.289. The molecule has 232 valence electrons. The standard InChI is InChI=1S/C20H31N4O16P/c1-7(26)22-12-8(27)4-20(18(32)33,39-16(12)13(29)9(28)5-25)40-41(35,36)37-6-10-14(30)15(31)17(38-10)24-3-2-11(21)23-19(24)34/h2-3,8-10,12-17,25,27-31H,4-6H2,1H3,(H,22,26)(H,32,33)(H,35,36)(H2,21,23,34)/t8?,9-,10-,12-,13?,14-,15-,16-,17-,20-/m1/s1. The molecule has 0 aliphatic carbocycles. The number of nitrogens with zero attached hydrogens (tertiary/aromatic N) is 2. The number of hydrogen-bond donors (Lipinski definition) is 10. The molecule has 20 nitrogen and oxygen atoms in total. The van der Waals surface area contributed by atoms with Crippen molar-refractivity contribution in [1.29, 1.82) is 0 Å². The molecule has 2 saturated heterocycles. The maximum Gasteiger partial charge on any atom is 0.475 e.